The number of rotatable bonds is 6. The van der Waals surface area contributed by atoms with Gasteiger partial charge in [-0.05, 0) is 64.7 Å². The Morgan fingerprint density at radius 1 is 1.40 bits per heavy atom. The first-order valence-electron chi connectivity index (χ1n) is 7.20. The van der Waals surface area contributed by atoms with E-state index in [0.29, 0.717) is 12.3 Å². The lowest BCUT2D eigenvalue weighted by Crippen LogP contribution is -2.01. The number of aryl methyl sites for hydroxylation is 1. The monoisotopic (exact) mass is 340 g/mol. The van der Waals surface area contributed by atoms with E-state index in [2.05, 4.69) is 28.1 Å². The van der Waals surface area contributed by atoms with Crippen LogP contribution in [0.15, 0.2) is 16.6 Å². The Morgan fingerprint density at radius 2 is 2.10 bits per heavy atom. The maximum absolute atomic E-state index is 10.6. The van der Waals surface area contributed by atoms with E-state index in [1.54, 1.807) is 7.11 Å². The first-order chi connectivity index (χ1) is 9.61. The lowest BCUT2D eigenvalue weighted by Gasteiger charge is -2.17. The third kappa shape index (κ3) is 3.75. The molecule has 0 saturated heterocycles. The van der Waals surface area contributed by atoms with Crippen molar-refractivity contribution in [2.24, 2.45) is 0 Å². The molecule has 0 heterocycles. The lowest BCUT2D eigenvalue weighted by atomic mass is 9.93. The number of ether oxygens (including phenoxy) is 1. The van der Waals surface area contributed by atoms with E-state index in [1.165, 1.54) is 36.8 Å². The van der Waals surface area contributed by atoms with Crippen LogP contribution in [0.2, 0.25) is 0 Å². The fraction of sp³-hybridized carbons (Fsp3) is 0.562. The molecule has 0 atom stereocenters. The summed E-state index contributed by atoms with van der Waals surface area (Å²) in [6.45, 7) is 0. The van der Waals surface area contributed by atoms with E-state index in [4.69, 9.17) is 9.84 Å². The van der Waals surface area contributed by atoms with Gasteiger partial charge in [0.15, 0.2) is 0 Å². The zero-order valence-corrected chi connectivity index (χ0v) is 13.4. The van der Waals surface area contributed by atoms with Crippen molar-refractivity contribution in [1.82, 2.24) is 0 Å². The number of carboxylic acid groups (broad SMARTS) is 1. The summed E-state index contributed by atoms with van der Waals surface area (Å²) in [4.78, 5) is 10.6. The number of carboxylic acids is 1. The van der Waals surface area contributed by atoms with Crippen LogP contribution in [0.25, 0.3) is 0 Å². The Hall–Kier alpha value is -1.03. The average Bonchev–Trinajstić information content (AvgIpc) is 2.91. The third-order valence-corrected chi connectivity index (χ3v) is 4.58. The molecule has 0 spiro atoms. The topological polar surface area (TPSA) is 46.5 Å². The van der Waals surface area contributed by atoms with Crippen LogP contribution in [0.1, 0.15) is 55.6 Å². The largest absolute Gasteiger partial charge is 0.495 e. The fourth-order valence-corrected chi connectivity index (χ4v) is 3.70. The van der Waals surface area contributed by atoms with E-state index >= 15 is 0 Å². The Kier molecular flexibility index (Phi) is 5.46. The van der Waals surface area contributed by atoms with Crippen LogP contribution in [0.4, 0.5) is 0 Å². The van der Waals surface area contributed by atoms with Crippen molar-refractivity contribution in [3.63, 3.8) is 0 Å². The van der Waals surface area contributed by atoms with Gasteiger partial charge in [-0.15, -0.1) is 0 Å². The van der Waals surface area contributed by atoms with Gasteiger partial charge in [0, 0.05) is 6.42 Å². The highest BCUT2D eigenvalue weighted by Gasteiger charge is 2.22. The summed E-state index contributed by atoms with van der Waals surface area (Å²) in [5.74, 6) is 0.799. The van der Waals surface area contributed by atoms with Gasteiger partial charge in [0.2, 0.25) is 0 Å². The van der Waals surface area contributed by atoms with Crippen molar-refractivity contribution in [1.29, 1.82) is 0 Å². The first-order valence-corrected chi connectivity index (χ1v) is 7.99. The Bertz CT molecular complexity index is 479. The van der Waals surface area contributed by atoms with Gasteiger partial charge in [-0.2, -0.15) is 0 Å². The summed E-state index contributed by atoms with van der Waals surface area (Å²) in [7, 11) is 1.71. The van der Waals surface area contributed by atoms with Gasteiger partial charge in [-0.3, -0.25) is 4.79 Å². The van der Waals surface area contributed by atoms with Crippen LogP contribution in [-0.4, -0.2) is 18.2 Å². The van der Waals surface area contributed by atoms with Crippen LogP contribution in [0.3, 0.4) is 0 Å². The number of methoxy groups -OCH3 is 1. The Morgan fingerprint density at radius 3 is 2.70 bits per heavy atom. The predicted molar refractivity (Wildman–Crippen MR) is 82.5 cm³/mol. The number of halogens is 1. The summed E-state index contributed by atoms with van der Waals surface area (Å²) in [6.07, 6.45) is 6.72. The van der Waals surface area contributed by atoms with Crippen LogP contribution < -0.4 is 4.74 Å². The molecule has 1 aliphatic carbocycles. The van der Waals surface area contributed by atoms with E-state index < -0.39 is 5.97 Å². The molecule has 0 bridgehead atoms. The highest BCUT2D eigenvalue weighted by atomic mass is 79.9. The van der Waals surface area contributed by atoms with Crippen LogP contribution in [-0.2, 0) is 11.2 Å². The van der Waals surface area contributed by atoms with E-state index in [0.717, 1.165) is 16.6 Å². The molecule has 0 aliphatic heterocycles. The van der Waals surface area contributed by atoms with Gasteiger partial charge >= 0.3 is 5.97 Å². The van der Waals surface area contributed by atoms with Crippen molar-refractivity contribution < 1.29 is 14.6 Å². The van der Waals surface area contributed by atoms with Crippen molar-refractivity contribution in [2.75, 3.05) is 7.11 Å². The van der Waals surface area contributed by atoms with Gasteiger partial charge in [-0.1, -0.05) is 18.9 Å². The molecule has 110 valence electrons. The minimum atomic E-state index is -0.728. The van der Waals surface area contributed by atoms with Gasteiger partial charge in [0.25, 0.3) is 0 Å². The molecule has 0 radical (unpaired) electrons. The normalized spacial score (nSPS) is 15.5. The van der Waals surface area contributed by atoms with Crippen molar-refractivity contribution in [3.05, 3.63) is 27.7 Å². The second-order valence-electron chi connectivity index (χ2n) is 5.43. The number of hydrogen-bond donors (Lipinski definition) is 1. The van der Waals surface area contributed by atoms with E-state index in [-0.39, 0.29) is 6.42 Å². The standard InChI is InChI=1S/C16H21BrO3/c1-20-16-13(12-6-2-3-7-12)9-11(10-14(16)17)5-4-8-15(18)19/h9-10,12H,2-8H2,1H3,(H,18,19). The molecule has 0 amide bonds. The maximum Gasteiger partial charge on any atom is 0.303 e. The van der Waals surface area contributed by atoms with Crippen LogP contribution in [0, 0.1) is 0 Å². The molecule has 20 heavy (non-hydrogen) atoms. The second kappa shape index (κ2) is 7.11. The smallest absolute Gasteiger partial charge is 0.303 e. The molecule has 1 aromatic carbocycles. The van der Waals surface area contributed by atoms with Crippen molar-refractivity contribution >= 4 is 21.9 Å². The minimum Gasteiger partial charge on any atom is -0.495 e. The molecule has 3 nitrogen and oxygen atoms in total. The number of benzene rings is 1. The summed E-state index contributed by atoms with van der Waals surface area (Å²) >= 11 is 3.58. The fourth-order valence-electron chi connectivity index (χ4n) is 3.02. The SMILES string of the molecule is COc1c(Br)cc(CCCC(=O)O)cc1C1CCCC1. The predicted octanol–water partition coefficient (Wildman–Crippen LogP) is 4.52. The first kappa shape index (κ1) is 15.4. The number of carbonyl (C=O) groups is 1. The van der Waals surface area contributed by atoms with Crippen molar-refractivity contribution in [3.8, 4) is 5.75 Å². The van der Waals surface area contributed by atoms with Gasteiger partial charge in [-0.25, -0.2) is 0 Å². The molecule has 1 saturated carbocycles. The van der Waals surface area contributed by atoms with Crippen molar-refractivity contribution in [2.45, 2.75) is 50.9 Å². The Balaban J connectivity index is 2.19. The van der Waals surface area contributed by atoms with Crippen LogP contribution >= 0.6 is 15.9 Å². The zero-order valence-electron chi connectivity index (χ0n) is 11.8. The highest BCUT2D eigenvalue weighted by molar-refractivity contribution is 9.10. The molecular formula is C16H21BrO3. The molecule has 1 N–H and O–H groups in total. The number of hydrogen-bond acceptors (Lipinski definition) is 2. The third-order valence-electron chi connectivity index (χ3n) is 3.99. The number of aliphatic carboxylic acids is 1. The molecule has 1 fully saturated rings. The molecule has 1 aromatic rings. The average molecular weight is 341 g/mol. The second-order valence-corrected chi connectivity index (χ2v) is 6.28. The van der Waals surface area contributed by atoms with E-state index in [9.17, 15) is 4.79 Å². The summed E-state index contributed by atoms with van der Waals surface area (Å²) in [6, 6.07) is 4.26. The van der Waals surface area contributed by atoms with E-state index in [1.807, 2.05) is 0 Å². The van der Waals surface area contributed by atoms with Gasteiger partial charge < -0.3 is 9.84 Å². The Labute approximate surface area is 128 Å². The molecular weight excluding hydrogens is 320 g/mol. The lowest BCUT2D eigenvalue weighted by molar-refractivity contribution is -0.137. The minimum absolute atomic E-state index is 0.225. The van der Waals surface area contributed by atoms with Crippen LogP contribution in [0.5, 0.6) is 5.75 Å². The summed E-state index contributed by atoms with van der Waals surface area (Å²) in [5.41, 5.74) is 2.48. The molecule has 2 rings (SSSR count). The molecule has 0 aromatic heterocycles. The summed E-state index contributed by atoms with van der Waals surface area (Å²) in [5, 5.41) is 8.73. The maximum atomic E-state index is 10.6. The molecule has 0 unspecified atom stereocenters. The molecule has 1 aliphatic rings. The highest BCUT2D eigenvalue weighted by Crippen LogP contribution is 2.42. The molecule has 4 heteroatoms. The van der Waals surface area contributed by atoms with Gasteiger partial charge in [0.1, 0.15) is 5.75 Å². The van der Waals surface area contributed by atoms with Gasteiger partial charge in [0.05, 0.1) is 11.6 Å². The summed E-state index contributed by atoms with van der Waals surface area (Å²) < 4.78 is 6.53. The zero-order chi connectivity index (χ0) is 14.5. The quantitative estimate of drug-likeness (QED) is 0.827.